The first-order valence-corrected chi connectivity index (χ1v) is 7.01. The molecule has 0 aliphatic rings. The largest absolute Gasteiger partial charge is 0.316 e. The van der Waals surface area contributed by atoms with Crippen LogP contribution in [-0.4, -0.2) is 17.0 Å². The van der Waals surface area contributed by atoms with Crippen molar-refractivity contribution < 1.29 is 0 Å². The molecule has 0 unspecified atom stereocenters. The Morgan fingerprint density at radius 2 is 1.55 bits per heavy atom. The highest BCUT2D eigenvalue weighted by atomic mass is 14.9. The van der Waals surface area contributed by atoms with E-state index in [2.05, 4.69) is 57.3 Å². The second kappa shape index (κ2) is 5.71. The van der Waals surface area contributed by atoms with Crippen LogP contribution in [0.25, 0.3) is 0 Å². The fourth-order valence-corrected chi connectivity index (χ4v) is 2.44. The SMILES string of the molecule is CNCc1c(C)nc(C(C)(C)c2ccccc2)nc1C. The summed E-state index contributed by atoms with van der Waals surface area (Å²) in [5, 5.41) is 3.18. The maximum Gasteiger partial charge on any atom is 0.138 e. The summed E-state index contributed by atoms with van der Waals surface area (Å²) in [5.74, 6) is 0.888. The Labute approximate surface area is 121 Å². The van der Waals surface area contributed by atoms with Crippen molar-refractivity contribution >= 4 is 0 Å². The van der Waals surface area contributed by atoms with Gasteiger partial charge in [-0.05, 0) is 40.3 Å². The molecule has 0 aliphatic heterocycles. The van der Waals surface area contributed by atoms with Crippen molar-refractivity contribution in [2.45, 2.75) is 39.7 Å². The van der Waals surface area contributed by atoms with E-state index in [1.165, 1.54) is 11.1 Å². The van der Waals surface area contributed by atoms with Crippen LogP contribution in [0, 0.1) is 13.8 Å². The van der Waals surface area contributed by atoms with Gasteiger partial charge in [-0.3, -0.25) is 0 Å². The Balaban J connectivity index is 2.48. The fraction of sp³-hybridized carbons (Fsp3) is 0.412. The second-order valence-electron chi connectivity index (χ2n) is 5.72. The van der Waals surface area contributed by atoms with Gasteiger partial charge in [-0.2, -0.15) is 0 Å². The summed E-state index contributed by atoms with van der Waals surface area (Å²) < 4.78 is 0. The Bertz CT molecular complexity index is 565. The molecular formula is C17H23N3. The van der Waals surface area contributed by atoms with Crippen LogP contribution in [-0.2, 0) is 12.0 Å². The zero-order chi connectivity index (χ0) is 14.8. The molecule has 0 aliphatic carbocycles. The lowest BCUT2D eigenvalue weighted by atomic mass is 9.83. The smallest absolute Gasteiger partial charge is 0.138 e. The van der Waals surface area contributed by atoms with Gasteiger partial charge in [-0.1, -0.05) is 30.3 Å². The van der Waals surface area contributed by atoms with Gasteiger partial charge in [0.2, 0.25) is 0 Å². The predicted molar refractivity (Wildman–Crippen MR) is 82.8 cm³/mol. The predicted octanol–water partition coefficient (Wildman–Crippen LogP) is 3.14. The van der Waals surface area contributed by atoms with Crippen molar-refractivity contribution in [3.63, 3.8) is 0 Å². The first kappa shape index (κ1) is 14.7. The molecule has 0 atom stereocenters. The molecule has 0 fully saturated rings. The molecule has 0 amide bonds. The van der Waals surface area contributed by atoms with Crippen LogP contribution in [0.5, 0.6) is 0 Å². The highest BCUT2D eigenvalue weighted by molar-refractivity contribution is 5.33. The molecule has 0 saturated heterocycles. The number of hydrogen-bond acceptors (Lipinski definition) is 3. The summed E-state index contributed by atoms with van der Waals surface area (Å²) >= 11 is 0. The molecule has 0 radical (unpaired) electrons. The third-order valence-electron chi connectivity index (χ3n) is 3.83. The standard InChI is InChI=1S/C17H23N3/c1-12-15(11-18-5)13(2)20-16(19-12)17(3,4)14-9-7-6-8-10-14/h6-10,18H,11H2,1-5H3. The van der Waals surface area contributed by atoms with E-state index >= 15 is 0 Å². The normalized spacial score (nSPS) is 11.7. The molecule has 0 spiro atoms. The number of nitrogens with zero attached hydrogens (tertiary/aromatic N) is 2. The summed E-state index contributed by atoms with van der Waals surface area (Å²) in [7, 11) is 1.95. The summed E-state index contributed by atoms with van der Waals surface area (Å²) in [6.07, 6.45) is 0. The van der Waals surface area contributed by atoms with Crippen LogP contribution >= 0.6 is 0 Å². The quantitative estimate of drug-likeness (QED) is 0.926. The van der Waals surface area contributed by atoms with Gasteiger partial charge in [-0.15, -0.1) is 0 Å². The number of aryl methyl sites for hydroxylation is 2. The lowest BCUT2D eigenvalue weighted by molar-refractivity contribution is 0.580. The molecule has 0 bridgehead atoms. The van der Waals surface area contributed by atoms with Crippen LogP contribution in [0.3, 0.4) is 0 Å². The van der Waals surface area contributed by atoms with E-state index in [0.29, 0.717) is 0 Å². The fourth-order valence-electron chi connectivity index (χ4n) is 2.44. The summed E-state index contributed by atoms with van der Waals surface area (Å²) in [6.45, 7) is 9.28. The molecule has 1 aromatic carbocycles. The Kier molecular flexibility index (Phi) is 4.19. The molecule has 3 nitrogen and oxygen atoms in total. The molecule has 106 valence electrons. The molecule has 2 rings (SSSR count). The van der Waals surface area contributed by atoms with Gasteiger partial charge in [0.15, 0.2) is 0 Å². The zero-order valence-corrected chi connectivity index (χ0v) is 13.0. The van der Waals surface area contributed by atoms with Crippen molar-refractivity contribution in [3.8, 4) is 0 Å². The van der Waals surface area contributed by atoms with E-state index in [1.807, 2.05) is 13.1 Å². The van der Waals surface area contributed by atoms with Gasteiger partial charge in [0.05, 0.1) is 0 Å². The Hall–Kier alpha value is -1.74. The minimum absolute atomic E-state index is 0.186. The van der Waals surface area contributed by atoms with Crippen molar-refractivity contribution in [1.29, 1.82) is 0 Å². The van der Waals surface area contributed by atoms with Crippen LogP contribution in [0.15, 0.2) is 30.3 Å². The highest BCUT2D eigenvalue weighted by Gasteiger charge is 2.27. The van der Waals surface area contributed by atoms with Crippen LogP contribution in [0.2, 0.25) is 0 Å². The monoisotopic (exact) mass is 269 g/mol. The third-order valence-corrected chi connectivity index (χ3v) is 3.83. The van der Waals surface area contributed by atoms with Crippen LogP contribution in [0.1, 0.15) is 42.2 Å². The molecule has 0 saturated carbocycles. The lowest BCUT2D eigenvalue weighted by Crippen LogP contribution is -2.24. The van der Waals surface area contributed by atoms with E-state index in [9.17, 15) is 0 Å². The maximum absolute atomic E-state index is 4.75. The second-order valence-corrected chi connectivity index (χ2v) is 5.72. The highest BCUT2D eigenvalue weighted by Crippen LogP contribution is 2.29. The van der Waals surface area contributed by atoms with Gasteiger partial charge in [-0.25, -0.2) is 9.97 Å². The van der Waals surface area contributed by atoms with Gasteiger partial charge < -0.3 is 5.32 Å². The third kappa shape index (κ3) is 2.73. The van der Waals surface area contributed by atoms with Crippen molar-refractivity contribution in [2.75, 3.05) is 7.05 Å². The first-order valence-electron chi connectivity index (χ1n) is 7.01. The van der Waals surface area contributed by atoms with Gasteiger partial charge in [0, 0.05) is 28.9 Å². The van der Waals surface area contributed by atoms with Crippen molar-refractivity contribution in [3.05, 3.63) is 58.7 Å². The molecule has 1 N–H and O–H groups in total. The molecule has 3 heteroatoms. The lowest BCUT2D eigenvalue weighted by Gasteiger charge is -2.25. The van der Waals surface area contributed by atoms with Gasteiger partial charge >= 0.3 is 0 Å². The summed E-state index contributed by atoms with van der Waals surface area (Å²) in [6, 6.07) is 10.4. The topological polar surface area (TPSA) is 37.8 Å². The Morgan fingerprint density at radius 3 is 2.05 bits per heavy atom. The van der Waals surface area contributed by atoms with E-state index in [1.54, 1.807) is 0 Å². The average molecular weight is 269 g/mol. The number of benzene rings is 1. The summed E-state index contributed by atoms with van der Waals surface area (Å²) in [4.78, 5) is 9.50. The van der Waals surface area contributed by atoms with Crippen molar-refractivity contribution in [2.24, 2.45) is 0 Å². The van der Waals surface area contributed by atoms with Crippen molar-refractivity contribution in [1.82, 2.24) is 15.3 Å². The van der Waals surface area contributed by atoms with Gasteiger partial charge in [0.25, 0.3) is 0 Å². The first-order chi connectivity index (χ1) is 9.46. The minimum Gasteiger partial charge on any atom is -0.316 e. The van der Waals surface area contributed by atoms with Crippen LogP contribution < -0.4 is 5.32 Å². The molecule has 20 heavy (non-hydrogen) atoms. The molecule has 2 aromatic rings. The Morgan fingerprint density at radius 1 is 1.00 bits per heavy atom. The number of hydrogen-bond donors (Lipinski definition) is 1. The average Bonchev–Trinajstić information content (AvgIpc) is 2.43. The van der Waals surface area contributed by atoms with E-state index in [-0.39, 0.29) is 5.41 Å². The summed E-state index contributed by atoms with van der Waals surface area (Å²) in [5.41, 5.74) is 4.37. The van der Waals surface area contributed by atoms with Crippen LogP contribution in [0.4, 0.5) is 0 Å². The van der Waals surface area contributed by atoms with E-state index in [4.69, 9.17) is 9.97 Å². The molecule has 1 heterocycles. The number of nitrogens with one attached hydrogen (secondary N) is 1. The molecular weight excluding hydrogens is 246 g/mol. The zero-order valence-electron chi connectivity index (χ0n) is 13.0. The molecule has 1 aromatic heterocycles. The van der Waals surface area contributed by atoms with E-state index in [0.717, 1.165) is 23.8 Å². The van der Waals surface area contributed by atoms with Gasteiger partial charge in [0.1, 0.15) is 5.82 Å². The maximum atomic E-state index is 4.75. The number of rotatable bonds is 4. The van der Waals surface area contributed by atoms with E-state index < -0.39 is 0 Å². The number of aromatic nitrogens is 2. The minimum atomic E-state index is -0.186.